The number of rotatable bonds is 5. The largest absolute Gasteiger partial charge is 0.356 e. The van der Waals surface area contributed by atoms with Crippen LogP contribution in [0, 0.1) is 19.8 Å². The van der Waals surface area contributed by atoms with E-state index in [1.165, 1.54) is 31.5 Å². The third kappa shape index (κ3) is 5.94. The molecule has 0 bridgehead atoms. The van der Waals surface area contributed by atoms with Gasteiger partial charge in [0.25, 0.3) is 0 Å². The number of halogens is 1. The highest BCUT2D eigenvalue weighted by molar-refractivity contribution is 14.0. The zero-order valence-corrected chi connectivity index (χ0v) is 19.7. The number of aromatic nitrogens is 2. The maximum atomic E-state index is 4.63. The van der Waals surface area contributed by atoms with Gasteiger partial charge in [-0.2, -0.15) is 5.10 Å². The molecule has 2 N–H and O–H groups in total. The van der Waals surface area contributed by atoms with Gasteiger partial charge in [0.05, 0.1) is 11.4 Å². The van der Waals surface area contributed by atoms with Crippen molar-refractivity contribution < 1.29 is 0 Å². The molecule has 1 fully saturated rings. The van der Waals surface area contributed by atoms with Crippen molar-refractivity contribution in [2.24, 2.45) is 10.9 Å². The Morgan fingerprint density at radius 1 is 1.18 bits per heavy atom. The van der Waals surface area contributed by atoms with Gasteiger partial charge < -0.3 is 15.5 Å². The average Bonchev–Trinajstić information content (AvgIpc) is 3.01. The van der Waals surface area contributed by atoms with E-state index in [1.807, 2.05) is 18.7 Å². The molecule has 0 unspecified atom stereocenters. The molecule has 3 rings (SSSR count). The molecule has 1 saturated heterocycles. The first-order valence-electron chi connectivity index (χ1n) is 9.81. The molecule has 154 valence electrons. The molecule has 0 spiro atoms. The van der Waals surface area contributed by atoms with Crippen LogP contribution in [0.25, 0.3) is 5.69 Å². The first-order valence-corrected chi connectivity index (χ1v) is 9.81. The minimum atomic E-state index is 0. The van der Waals surface area contributed by atoms with Crippen molar-refractivity contribution in [3.05, 3.63) is 47.3 Å². The molecule has 0 radical (unpaired) electrons. The fraction of sp³-hybridized carbons (Fsp3) is 0.524. The number of nitrogens with zero attached hydrogens (tertiary/aromatic N) is 4. The second kappa shape index (κ2) is 10.8. The van der Waals surface area contributed by atoms with Crippen molar-refractivity contribution in [3.63, 3.8) is 0 Å². The van der Waals surface area contributed by atoms with Crippen LogP contribution in [0.15, 0.2) is 35.3 Å². The molecule has 6 nitrogen and oxygen atoms in total. The molecule has 1 aromatic carbocycles. The molecule has 1 aliphatic heterocycles. The van der Waals surface area contributed by atoms with Crippen LogP contribution in [0.2, 0.25) is 0 Å². The average molecular weight is 496 g/mol. The number of likely N-dealkylation sites (tertiary alicyclic amines) is 1. The normalized spacial score (nSPS) is 15.9. The quantitative estimate of drug-likeness (QED) is 0.380. The Kier molecular flexibility index (Phi) is 8.75. The molecular formula is C21H33IN6. The molecule has 0 atom stereocenters. The Balaban J connectivity index is 0.00000280. The summed E-state index contributed by atoms with van der Waals surface area (Å²) in [4.78, 5) is 6.79. The fourth-order valence-electron chi connectivity index (χ4n) is 3.65. The van der Waals surface area contributed by atoms with E-state index < -0.39 is 0 Å². The summed E-state index contributed by atoms with van der Waals surface area (Å²) in [7, 11) is 4.03. The number of para-hydroxylation sites is 1. The molecule has 0 saturated carbocycles. The van der Waals surface area contributed by atoms with E-state index in [0.29, 0.717) is 6.54 Å². The van der Waals surface area contributed by atoms with Gasteiger partial charge in [0, 0.05) is 25.8 Å². The fourth-order valence-corrected chi connectivity index (χ4v) is 3.65. The number of benzene rings is 1. The number of piperidine rings is 1. The van der Waals surface area contributed by atoms with Crippen molar-refractivity contribution in [3.8, 4) is 5.69 Å². The van der Waals surface area contributed by atoms with E-state index in [1.54, 1.807) is 0 Å². The maximum absolute atomic E-state index is 4.63. The van der Waals surface area contributed by atoms with E-state index in [9.17, 15) is 0 Å². The van der Waals surface area contributed by atoms with E-state index in [4.69, 9.17) is 0 Å². The third-order valence-electron chi connectivity index (χ3n) is 5.30. The van der Waals surface area contributed by atoms with Crippen LogP contribution in [0.1, 0.15) is 29.8 Å². The topological polar surface area (TPSA) is 57.5 Å². The Bertz CT molecular complexity index is 777. The maximum Gasteiger partial charge on any atom is 0.191 e. The summed E-state index contributed by atoms with van der Waals surface area (Å²) in [5.41, 5.74) is 4.49. The molecular weight excluding hydrogens is 463 g/mol. The Morgan fingerprint density at radius 3 is 2.54 bits per heavy atom. The SMILES string of the molecule is CN=C(NCc1ccccc1-n1nc(C)cc1C)NCC1CCN(C)CC1.I. The standard InChI is InChI=1S/C21H32N6.HI/c1-16-13-17(2)27(25-16)20-8-6-5-7-19(20)15-24-21(22-3)23-14-18-9-11-26(4)12-10-18;/h5-8,13,18H,9-12,14-15H2,1-4H3,(H2,22,23,24);1H. The number of aliphatic imine (C=N–C) groups is 1. The predicted molar refractivity (Wildman–Crippen MR) is 127 cm³/mol. The van der Waals surface area contributed by atoms with Gasteiger partial charge in [0.1, 0.15) is 0 Å². The number of nitrogens with one attached hydrogen (secondary N) is 2. The molecule has 0 amide bonds. The lowest BCUT2D eigenvalue weighted by Crippen LogP contribution is -2.42. The summed E-state index contributed by atoms with van der Waals surface area (Å²) in [6.45, 7) is 8.18. The molecule has 7 heteroatoms. The van der Waals surface area contributed by atoms with Crippen molar-refractivity contribution in [1.29, 1.82) is 0 Å². The van der Waals surface area contributed by atoms with E-state index in [-0.39, 0.29) is 24.0 Å². The van der Waals surface area contributed by atoms with E-state index >= 15 is 0 Å². The lowest BCUT2D eigenvalue weighted by molar-refractivity contribution is 0.220. The highest BCUT2D eigenvalue weighted by Gasteiger charge is 2.17. The van der Waals surface area contributed by atoms with Crippen LogP contribution < -0.4 is 10.6 Å². The predicted octanol–water partition coefficient (Wildman–Crippen LogP) is 3.11. The van der Waals surface area contributed by atoms with Gasteiger partial charge in [0.2, 0.25) is 0 Å². The van der Waals surface area contributed by atoms with Crippen LogP contribution in [-0.4, -0.2) is 54.4 Å². The molecule has 1 aromatic heterocycles. The first kappa shape index (κ1) is 22.7. The Hall–Kier alpha value is -1.61. The van der Waals surface area contributed by atoms with Gasteiger partial charge in [-0.05, 0) is 70.4 Å². The second-order valence-corrected chi connectivity index (χ2v) is 7.52. The first-order chi connectivity index (χ1) is 13.1. The van der Waals surface area contributed by atoms with Gasteiger partial charge in [-0.15, -0.1) is 24.0 Å². The smallest absolute Gasteiger partial charge is 0.191 e. The molecule has 0 aliphatic carbocycles. The minimum Gasteiger partial charge on any atom is -0.356 e. The zero-order chi connectivity index (χ0) is 19.2. The molecule has 28 heavy (non-hydrogen) atoms. The van der Waals surface area contributed by atoms with Gasteiger partial charge in [-0.1, -0.05) is 18.2 Å². The van der Waals surface area contributed by atoms with Crippen molar-refractivity contribution in [2.75, 3.05) is 33.7 Å². The van der Waals surface area contributed by atoms with Crippen LogP contribution >= 0.6 is 24.0 Å². The lowest BCUT2D eigenvalue weighted by Gasteiger charge is -2.29. The zero-order valence-electron chi connectivity index (χ0n) is 17.4. The molecule has 2 aromatic rings. The summed E-state index contributed by atoms with van der Waals surface area (Å²) >= 11 is 0. The molecule has 2 heterocycles. The van der Waals surface area contributed by atoms with Crippen molar-refractivity contribution in [2.45, 2.75) is 33.2 Å². The number of guanidine groups is 1. The Morgan fingerprint density at radius 2 is 1.89 bits per heavy atom. The number of aryl methyl sites for hydroxylation is 2. The van der Waals surface area contributed by atoms with Gasteiger partial charge in [0.15, 0.2) is 5.96 Å². The van der Waals surface area contributed by atoms with Gasteiger partial charge in [-0.25, -0.2) is 4.68 Å². The summed E-state index contributed by atoms with van der Waals surface area (Å²) in [5.74, 6) is 1.58. The van der Waals surface area contributed by atoms with Crippen LogP contribution in [0.3, 0.4) is 0 Å². The summed E-state index contributed by atoms with van der Waals surface area (Å²) in [5, 5.41) is 11.6. The highest BCUT2D eigenvalue weighted by atomic mass is 127. The number of hydrogen-bond donors (Lipinski definition) is 2. The van der Waals surface area contributed by atoms with Crippen LogP contribution in [0.5, 0.6) is 0 Å². The molecule has 1 aliphatic rings. The van der Waals surface area contributed by atoms with Crippen molar-refractivity contribution >= 4 is 29.9 Å². The summed E-state index contributed by atoms with van der Waals surface area (Å²) in [6.07, 6.45) is 2.50. The summed E-state index contributed by atoms with van der Waals surface area (Å²) in [6, 6.07) is 10.5. The monoisotopic (exact) mass is 496 g/mol. The third-order valence-corrected chi connectivity index (χ3v) is 5.30. The Labute approximate surface area is 185 Å². The van der Waals surface area contributed by atoms with Gasteiger partial charge >= 0.3 is 0 Å². The van der Waals surface area contributed by atoms with Gasteiger partial charge in [-0.3, -0.25) is 4.99 Å². The van der Waals surface area contributed by atoms with E-state index in [0.717, 1.165) is 35.5 Å². The highest BCUT2D eigenvalue weighted by Crippen LogP contribution is 2.17. The summed E-state index contributed by atoms with van der Waals surface area (Å²) < 4.78 is 2.01. The lowest BCUT2D eigenvalue weighted by atomic mass is 9.97. The van der Waals surface area contributed by atoms with E-state index in [2.05, 4.69) is 69.9 Å². The minimum absolute atomic E-state index is 0. The second-order valence-electron chi connectivity index (χ2n) is 7.52. The van der Waals surface area contributed by atoms with Crippen LogP contribution in [-0.2, 0) is 6.54 Å². The number of hydrogen-bond acceptors (Lipinski definition) is 3. The van der Waals surface area contributed by atoms with Crippen molar-refractivity contribution in [1.82, 2.24) is 25.3 Å². The van der Waals surface area contributed by atoms with Crippen LogP contribution in [0.4, 0.5) is 0 Å².